The number of pyridine rings is 1. The maximum Gasteiger partial charge on any atom is 0.282 e. The van der Waals surface area contributed by atoms with Gasteiger partial charge in [-0.1, -0.05) is 6.07 Å². The minimum absolute atomic E-state index is 0.0508. The Morgan fingerprint density at radius 1 is 1.35 bits per heavy atom. The van der Waals surface area contributed by atoms with Crippen LogP contribution in [0, 0.1) is 10.1 Å². The predicted molar refractivity (Wildman–Crippen MR) is 92.6 cm³/mol. The van der Waals surface area contributed by atoms with Gasteiger partial charge in [0.25, 0.3) is 11.6 Å². The third kappa shape index (κ3) is 4.32. The van der Waals surface area contributed by atoms with Crippen molar-refractivity contribution in [1.82, 2.24) is 10.5 Å². The van der Waals surface area contributed by atoms with Gasteiger partial charge in [-0.25, -0.2) is 5.48 Å². The molecule has 9 nitrogen and oxygen atoms in total. The van der Waals surface area contributed by atoms with Crippen LogP contribution in [0.5, 0.6) is 0 Å². The van der Waals surface area contributed by atoms with Gasteiger partial charge in [-0.3, -0.25) is 24.7 Å². The van der Waals surface area contributed by atoms with E-state index in [-0.39, 0.29) is 17.9 Å². The predicted octanol–water partition coefficient (Wildman–Crippen LogP) is 1.69. The monoisotopic (exact) mass is 358 g/mol. The van der Waals surface area contributed by atoms with E-state index in [1.165, 1.54) is 12.1 Å². The van der Waals surface area contributed by atoms with Gasteiger partial charge in [0.05, 0.1) is 18.1 Å². The van der Waals surface area contributed by atoms with Crippen LogP contribution in [-0.4, -0.2) is 42.1 Å². The van der Waals surface area contributed by atoms with Gasteiger partial charge in [0.15, 0.2) is 0 Å². The van der Waals surface area contributed by atoms with Gasteiger partial charge in [0.1, 0.15) is 12.2 Å². The topological polar surface area (TPSA) is 107 Å². The first-order valence-corrected chi connectivity index (χ1v) is 8.07. The van der Waals surface area contributed by atoms with Gasteiger partial charge in [0, 0.05) is 37.2 Å². The number of carbonyl (C=O) groups excluding carboxylic acids is 1. The lowest BCUT2D eigenvalue weighted by Crippen LogP contribution is -2.36. The van der Waals surface area contributed by atoms with Gasteiger partial charge >= 0.3 is 0 Å². The fraction of sp³-hybridized carbons (Fsp3) is 0.294. The molecule has 1 fully saturated rings. The van der Waals surface area contributed by atoms with E-state index in [9.17, 15) is 14.9 Å². The summed E-state index contributed by atoms with van der Waals surface area (Å²) in [4.78, 5) is 34.2. The molecular formula is C17H18N4O5. The second kappa shape index (κ2) is 8.37. The number of hydrogen-bond acceptors (Lipinski definition) is 7. The highest BCUT2D eigenvalue weighted by Crippen LogP contribution is 2.25. The van der Waals surface area contributed by atoms with Crippen LogP contribution in [0.1, 0.15) is 15.9 Å². The average Bonchev–Trinajstić information content (AvgIpc) is 2.69. The van der Waals surface area contributed by atoms with E-state index in [2.05, 4.69) is 10.5 Å². The van der Waals surface area contributed by atoms with Gasteiger partial charge in [0.2, 0.25) is 0 Å². The second-order valence-corrected chi connectivity index (χ2v) is 5.64. The van der Waals surface area contributed by atoms with Crippen LogP contribution in [-0.2, 0) is 16.2 Å². The molecule has 1 N–H and O–H groups in total. The summed E-state index contributed by atoms with van der Waals surface area (Å²) in [6, 6.07) is 8.02. The molecule has 1 aromatic heterocycles. The summed E-state index contributed by atoms with van der Waals surface area (Å²) in [5.74, 6) is -0.671. The highest BCUT2D eigenvalue weighted by molar-refractivity contribution is 5.98. The van der Waals surface area contributed by atoms with Crippen LogP contribution < -0.4 is 10.4 Å². The lowest BCUT2D eigenvalue weighted by atomic mass is 10.1. The molecule has 9 heteroatoms. The number of anilines is 1. The van der Waals surface area contributed by atoms with E-state index in [0.717, 1.165) is 11.3 Å². The summed E-state index contributed by atoms with van der Waals surface area (Å²) in [6.07, 6.45) is 3.23. The molecule has 0 unspecified atom stereocenters. The zero-order chi connectivity index (χ0) is 18.4. The number of benzene rings is 1. The first kappa shape index (κ1) is 17.8. The minimum atomic E-state index is -0.671. The molecular weight excluding hydrogens is 340 g/mol. The highest BCUT2D eigenvalue weighted by Gasteiger charge is 2.23. The molecule has 2 aromatic rings. The maximum atomic E-state index is 12.4. The van der Waals surface area contributed by atoms with Crippen LogP contribution in [0.4, 0.5) is 11.4 Å². The highest BCUT2D eigenvalue weighted by atomic mass is 16.7. The molecule has 2 heterocycles. The quantitative estimate of drug-likeness (QED) is 0.618. The Balaban J connectivity index is 1.72. The molecule has 0 spiro atoms. The zero-order valence-electron chi connectivity index (χ0n) is 14.0. The Labute approximate surface area is 149 Å². The van der Waals surface area contributed by atoms with Gasteiger partial charge < -0.3 is 9.64 Å². The van der Waals surface area contributed by atoms with Crippen molar-refractivity contribution in [2.75, 3.05) is 31.2 Å². The molecule has 1 amide bonds. The Bertz CT molecular complexity index is 778. The molecule has 0 radical (unpaired) electrons. The van der Waals surface area contributed by atoms with Crippen molar-refractivity contribution in [3.05, 3.63) is 64.0 Å². The number of nitrogens with one attached hydrogen (secondary N) is 1. The molecule has 3 rings (SSSR count). The van der Waals surface area contributed by atoms with Crippen molar-refractivity contribution in [2.45, 2.75) is 6.61 Å². The first-order chi connectivity index (χ1) is 12.6. The SMILES string of the molecule is O=C(NOCc1cccnc1)c1cc(N2CCOCC2)ccc1[N+](=O)[O-]. The smallest absolute Gasteiger partial charge is 0.282 e. The molecule has 1 aromatic carbocycles. The number of carbonyl (C=O) groups is 1. The zero-order valence-corrected chi connectivity index (χ0v) is 14.0. The number of hydrogen-bond donors (Lipinski definition) is 1. The Morgan fingerprint density at radius 2 is 2.15 bits per heavy atom. The number of nitrogens with zero attached hydrogens (tertiary/aromatic N) is 3. The molecule has 1 aliphatic rings. The van der Waals surface area contributed by atoms with Crippen LogP contribution in [0.25, 0.3) is 0 Å². The van der Waals surface area contributed by atoms with Crippen LogP contribution in [0.3, 0.4) is 0 Å². The Hall–Kier alpha value is -3.04. The van der Waals surface area contributed by atoms with Gasteiger partial charge in [-0.15, -0.1) is 0 Å². The lowest BCUT2D eigenvalue weighted by Gasteiger charge is -2.29. The van der Waals surface area contributed by atoms with Crippen LogP contribution in [0.2, 0.25) is 0 Å². The van der Waals surface area contributed by atoms with Gasteiger partial charge in [-0.05, 0) is 23.8 Å². The van der Waals surface area contributed by atoms with Crippen molar-refractivity contribution >= 4 is 17.3 Å². The number of nitro groups is 1. The summed E-state index contributed by atoms with van der Waals surface area (Å²) in [7, 11) is 0. The largest absolute Gasteiger partial charge is 0.378 e. The third-order valence-corrected chi connectivity index (χ3v) is 3.92. The molecule has 26 heavy (non-hydrogen) atoms. The number of morpholine rings is 1. The molecule has 136 valence electrons. The number of nitro benzene ring substituents is 1. The number of hydroxylamine groups is 1. The minimum Gasteiger partial charge on any atom is -0.378 e. The van der Waals surface area contributed by atoms with Crippen molar-refractivity contribution in [1.29, 1.82) is 0 Å². The number of rotatable bonds is 6. The summed E-state index contributed by atoms with van der Waals surface area (Å²) in [5, 5.41) is 11.3. The molecule has 0 atom stereocenters. The fourth-order valence-corrected chi connectivity index (χ4v) is 2.61. The lowest BCUT2D eigenvalue weighted by molar-refractivity contribution is -0.385. The molecule has 0 bridgehead atoms. The number of ether oxygens (including phenoxy) is 1. The second-order valence-electron chi connectivity index (χ2n) is 5.64. The average molecular weight is 358 g/mol. The van der Waals surface area contributed by atoms with E-state index in [1.54, 1.807) is 30.6 Å². The molecule has 0 aliphatic carbocycles. The summed E-state index contributed by atoms with van der Waals surface area (Å²) in [6.45, 7) is 2.59. The Morgan fingerprint density at radius 3 is 2.85 bits per heavy atom. The van der Waals surface area contributed by atoms with Crippen molar-refractivity contribution in [2.24, 2.45) is 0 Å². The third-order valence-electron chi connectivity index (χ3n) is 3.92. The molecule has 0 saturated carbocycles. The van der Waals surface area contributed by atoms with Crippen molar-refractivity contribution < 1.29 is 19.3 Å². The van der Waals surface area contributed by atoms with Gasteiger partial charge in [-0.2, -0.15) is 0 Å². The maximum absolute atomic E-state index is 12.4. The summed E-state index contributed by atoms with van der Waals surface area (Å²) < 4.78 is 5.30. The van der Waals surface area contributed by atoms with Crippen LogP contribution >= 0.6 is 0 Å². The Kier molecular flexibility index (Phi) is 5.72. The van der Waals surface area contributed by atoms with Crippen LogP contribution in [0.15, 0.2) is 42.7 Å². The van der Waals surface area contributed by atoms with E-state index in [1.807, 2.05) is 4.90 Å². The standard InChI is InChI=1S/C17H18N4O5/c22-17(19-26-12-13-2-1-5-18-11-13)15-10-14(3-4-16(15)21(23)24)20-6-8-25-9-7-20/h1-5,10-11H,6-9,12H2,(H,19,22). The van der Waals surface area contributed by atoms with E-state index >= 15 is 0 Å². The number of amides is 1. The van der Waals surface area contributed by atoms with E-state index < -0.39 is 10.8 Å². The number of aromatic nitrogens is 1. The van der Waals surface area contributed by atoms with E-state index in [4.69, 9.17) is 9.57 Å². The fourth-order valence-electron chi connectivity index (χ4n) is 2.61. The normalized spacial score (nSPS) is 14.1. The summed E-state index contributed by atoms with van der Waals surface area (Å²) in [5.41, 5.74) is 3.43. The molecule has 1 saturated heterocycles. The molecule has 1 aliphatic heterocycles. The van der Waals surface area contributed by atoms with Crippen molar-refractivity contribution in [3.8, 4) is 0 Å². The van der Waals surface area contributed by atoms with Crippen molar-refractivity contribution in [3.63, 3.8) is 0 Å². The summed E-state index contributed by atoms with van der Waals surface area (Å²) >= 11 is 0. The van der Waals surface area contributed by atoms with E-state index in [0.29, 0.717) is 26.3 Å². The first-order valence-electron chi connectivity index (χ1n) is 8.07.